The minimum Gasteiger partial charge on any atom is -0.455 e. The first kappa shape index (κ1) is 49.7. The van der Waals surface area contributed by atoms with Gasteiger partial charge in [-0.15, -0.1) is 0 Å². The Hall–Kier alpha value is -11.9. The van der Waals surface area contributed by atoms with Crippen LogP contribution >= 0.6 is 0 Å². The topological polar surface area (TPSA) is 109 Å². The second kappa shape index (κ2) is 20.4. The Labute approximate surface area is 498 Å². The van der Waals surface area contributed by atoms with Gasteiger partial charge in [0.15, 0.2) is 40.5 Å². The highest BCUT2D eigenvalue weighted by Crippen LogP contribution is 2.44. The number of benzene rings is 12. The fourth-order valence-corrected chi connectivity index (χ4v) is 12.3. The van der Waals surface area contributed by atoms with Gasteiger partial charge < -0.3 is 13.4 Å². The van der Waals surface area contributed by atoms with E-state index in [2.05, 4.69) is 180 Å². The van der Waals surface area contributed by atoms with Crippen LogP contribution in [0.1, 0.15) is 0 Å². The molecular formula is C78H47N7O2. The maximum atomic E-state index is 7.11. The van der Waals surface area contributed by atoms with Crippen molar-refractivity contribution in [3.05, 3.63) is 285 Å². The van der Waals surface area contributed by atoms with E-state index in [1.165, 1.54) is 5.56 Å². The molecule has 0 unspecified atom stereocenters. The van der Waals surface area contributed by atoms with Gasteiger partial charge in [-0.05, 0) is 64.2 Å². The summed E-state index contributed by atoms with van der Waals surface area (Å²) < 4.78 is 16.4. The molecule has 0 amide bonds. The second-order valence-corrected chi connectivity index (χ2v) is 21.7. The molecular weight excluding hydrogens is 1070 g/mol. The van der Waals surface area contributed by atoms with Gasteiger partial charge in [0.05, 0.1) is 27.8 Å². The van der Waals surface area contributed by atoms with Gasteiger partial charge in [0.2, 0.25) is 0 Å². The van der Waals surface area contributed by atoms with E-state index in [9.17, 15) is 0 Å². The molecule has 0 spiro atoms. The molecule has 87 heavy (non-hydrogen) atoms. The zero-order valence-corrected chi connectivity index (χ0v) is 46.6. The summed E-state index contributed by atoms with van der Waals surface area (Å²) in [5, 5.41) is 6.24. The average Bonchev–Trinajstić information content (AvgIpc) is 1.87. The standard InChI is InChI=1S/C78H47N7O2/c1-5-19-48(20-6-1)49-37-41-51(42-38-49)57-28-15-29-59-60-30-16-33-63(70(60)86-69(57)59)77-83-75(54-25-11-4-12-26-54)80-76(84-77)55-43-39-50(40-44-55)56-45-46-67-65(47-56)58-27-13-14-35-66(58)85(67)68-36-18-32-62-61-31-17-34-64(71(61)87-72(62)68)78-81-73(52-21-7-2-8-22-52)79-74(82-78)53-23-9-3-10-24-53/h1-47H. The minimum atomic E-state index is 0.527. The van der Waals surface area contributed by atoms with Crippen LogP contribution in [0.25, 0.3) is 173 Å². The zero-order chi connectivity index (χ0) is 57.4. The molecule has 0 saturated heterocycles. The van der Waals surface area contributed by atoms with Crippen molar-refractivity contribution in [3.63, 3.8) is 0 Å². The smallest absolute Gasteiger partial charge is 0.167 e. The predicted molar refractivity (Wildman–Crippen MR) is 351 cm³/mol. The fraction of sp³-hybridized carbons (Fsp3) is 0. The SMILES string of the molecule is c1ccc(-c2ccc(-c3cccc4c3oc3c(-c5nc(-c6ccccc6)nc(-c6ccc(-c7ccc8c(c7)c7ccccc7n8-c7cccc8c7oc7c(-c9nc(-c%10ccccc%10)nc(-c%10ccccc%10)n9)cccc78)cc6)n5)cccc34)cc2)cc1. The van der Waals surface area contributed by atoms with E-state index in [-0.39, 0.29) is 0 Å². The van der Waals surface area contributed by atoms with Crippen molar-refractivity contribution in [3.8, 4) is 107 Å². The lowest BCUT2D eigenvalue weighted by Gasteiger charge is -2.10. The Morgan fingerprint density at radius 2 is 0.540 bits per heavy atom. The van der Waals surface area contributed by atoms with Crippen molar-refractivity contribution >= 4 is 65.7 Å². The molecule has 0 aliphatic heterocycles. The van der Waals surface area contributed by atoms with Crippen LogP contribution in [0.4, 0.5) is 0 Å². The fourth-order valence-electron chi connectivity index (χ4n) is 12.3. The largest absolute Gasteiger partial charge is 0.455 e. The van der Waals surface area contributed by atoms with E-state index >= 15 is 0 Å². The third kappa shape index (κ3) is 8.55. The van der Waals surface area contributed by atoms with Gasteiger partial charge >= 0.3 is 0 Å². The third-order valence-corrected chi connectivity index (χ3v) is 16.6. The lowest BCUT2D eigenvalue weighted by atomic mass is 9.98. The van der Waals surface area contributed by atoms with Crippen molar-refractivity contribution in [2.75, 3.05) is 0 Å². The Morgan fingerprint density at radius 1 is 0.207 bits per heavy atom. The van der Waals surface area contributed by atoms with Gasteiger partial charge in [-0.2, -0.15) is 0 Å². The molecule has 5 aromatic heterocycles. The molecule has 17 rings (SSSR count). The van der Waals surface area contributed by atoms with Crippen molar-refractivity contribution in [2.45, 2.75) is 0 Å². The zero-order valence-electron chi connectivity index (χ0n) is 46.6. The summed E-state index contributed by atoms with van der Waals surface area (Å²) in [5.74, 6) is 3.38. The van der Waals surface area contributed by atoms with E-state index in [0.29, 0.717) is 40.5 Å². The highest BCUT2D eigenvalue weighted by atomic mass is 16.3. The van der Waals surface area contributed by atoms with Gasteiger partial charge in [-0.25, -0.2) is 29.9 Å². The Morgan fingerprint density at radius 3 is 1.07 bits per heavy atom. The van der Waals surface area contributed by atoms with Crippen LogP contribution in [0.2, 0.25) is 0 Å². The normalized spacial score (nSPS) is 11.7. The summed E-state index contributed by atoms with van der Waals surface area (Å²) in [7, 11) is 0. The monoisotopic (exact) mass is 1110 g/mol. The van der Waals surface area contributed by atoms with Crippen LogP contribution in [0.3, 0.4) is 0 Å². The molecule has 0 aliphatic carbocycles. The van der Waals surface area contributed by atoms with Crippen LogP contribution in [0.5, 0.6) is 0 Å². The third-order valence-electron chi connectivity index (χ3n) is 16.6. The number of furan rings is 2. The summed E-state index contributed by atoms with van der Waals surface area (Å²) in [4.78, 5) is 30.6. The number of hydrogen-bond acceptors (Lipinski definition) is 8. The number of para-hydroxylation sites is 5. The highest BCUT2D eigenvalue weighted by Gasteiger charge is 2.24. The Balaban J connectivity index is 0.738. The lowest BCUT2D eigenvalue weighted by Crippen LogP contribution is -2.00. The summed E-state index contributed by atoms with van der Waals surface area (Å²) >= 11 is 0. The minimum absolute atomic E-state index is 0.527. The van der Waals surface area contributed by atoms with E-state index in [1.807, 2.05) is 109 Å². The molecule has 0 saturated carbocycles. The molecule has 0 fully saturated rings. The Bertz CT molecular complexity index is 5430. The summed E-state index contributed by atoms with van der Waals surface area (Å²) in [5.41, 5.74) is 17.8. The predicted octanol–water partition coefficient (Wildman–Crippen LogP) is 20.0. The molecule has 5 heterocycles. The van der Waals surface area contributed by atoms with Crippen molar-refractivity contribution in [1.29, 1.82) is 0 Å². The summed E-state index contributed by atoms with van der Waals surface area (Å²) in [6.07, 6.45) is 0. The van der Waals surface area contributed by atoms with Gasteiger partial charge in [0, 0.05) is 60.1 Å². The van der Waals surface area contributed by atoms with Crippen molar-refractivity contribution in [2.24, 2.45) is 0 Å². The first-order valence-corrected chi connectivity index (χ1v) is 29.0. The van der Waals surface area contributed by atoms with Gasteiger partial charge in [-0.1, -0.05) is 249 Å². The molecule has 0 radical (unpaired) electrons. The number of nitrogens with zero attached hydrogens (tertiary/aromatic N) is 7. The average molecular weight is 1110 g/mol. The van der Waals surface area contributed by atoms with Crippen LogP contribution in [0, 0.1) is 0 Å². The summed E-state index contributed by atoms with van der Waals surface area (Å²) in [6, 6.07) is 98.2. The van der Waals surface area contributed by atoms with Gasteiger partial charge in [0.25, 0.3) is 0 Å². The van der Waals surface area contributed by atoms with Crippen molar-refractivity contribution < 1.29 is 8.83 Å². The van der Waals surface area contributed by atoms with Crippen LogP contribution in [-0.4, -0.2) is 34.5 Å². The number of fused-ring (bicyclic) bond motifs is 9. The maximum absolute atomic E-state index is 7.11. The van der Waals surface area contributed by atoms with Crippen molar-refractivity contribution in [1.82, 2.24) is 34.5 Å². The molecule has 17 aromatic rings. The Kier molecular flexibility index (Phi) is 11.7. The highest BCUT2D eigenvalue weighted by molar-refractivity contribution is 6.15. The molecule has 0 N–H and O–H groups in total. The molecule has 0 atom stereocenters. The second-order valence-electron chi connectivity index (χ2n) is 21.7. The van der Waals surface area contributed by atoms with E-state index in [0.717, 1.165) is 127 Å². The molecule has 9 nitrogen and oxygen atoms in total. The first-order chi connectivity index (χ1) is 43.1. The number of rotatable bonds is 10. The number of hydrogen-bond donors (Lipinski definition) is 0. The molecule has 406 valence electrons. The van der Waals surface area contributed by atoms with Crippen LogP contribution in [-0.2, 0) is 0 Å². The maximum Gasteiger partial charge on any atom is 0.167 e. The van der Waals surface area contributed by atoms with Gasteiger partial charge in [-0.3, -0.25) is 0 Å². The molecule has 0 aliphatic rings. The molecule has 9 heteroatoms. The van der Waals surface area contributed by atoms with E-state index in [1.54, 1.807) is 0 Å². The first-order valence-electron chi connectivity index (χ1n) is 29.0. The number of aromatic nitrogens is 7. The van der Waals surface area contributed by atoms with E-state index < -0.39 is 0 Å². The lowest BCUT2D eigenvalue weighted by molar-refractivity contribution is 0.667. The van der Waals surface area contributed by atoms with Crippen LogP contribution < -0.4 is 0 Å². The molecule has 12 aromatic carbocycles. The van der Waals surface area contributed by atoms with E-state index in [4.69, 9.17) is 38.7 Å². The molecule has 0 bridgehead atoms. The summed E-state index contributed by atoms with van der Waals surface area (Å²) in [6.45, 7) is 0. The quantitative estimate of drug-likeness (QED) is 0.133. The van der Waals surface area contributed by atoms with Gasteiger partial charge in [0.1, 0.15) is 16.7 Å². The van der Waals surface area contributed by atoms with Crippen LogP contribution in [0.15, 0.2) is 294 Å².